The molecule has 3 rings (SSSR count). The predicted molar refractivity (Wildman–Crippen MR) is 86.6 cm³/mol. The number of aryl methyl sites for hydroxylation is 1. The van der Waals surface area contributed by atoms with Crippen LogP contribution < -0.4 is 4.90 Å². The Balaban J connectivity index is 2.14. The lowest BCUT2D eigenvalue weighted by Gasteiger charge is -2.20. The normalized spacial score (nSPS) is 10.7. The van der Waals surface area contributed by atoms with Crippen LogP contribution in [-0.2, 0) is 11.8 Å². The second-order valence-electron chi connectivity index (χ2n) is 5.15. The zero-order chi connectivity index (χ0) is 16.6. The Kier molecular flexibility index (Phi) is 3.53. The fraction of sp³-hybridized carbons (Fsp3) is 0.125. The Morgan fingerprint density at radius 3 is 2.74 bits per heavy atom. The second kappa shape index (κ2) is 5.53. The first-order valence-electron chi connectivity index (χ1n) is 6.93. The maximum absolute atomic E-state index is 12.1. The van der Waals surface area contributed by atoms with E-state index in [1.807, 2.05) is 36.0 Å². The quantitative estimate of drug-likeness (QED) is 0.549. The molecule has 0 aliphatic carbocycles. The maximum atomic E-state index is 12.1. The minimum atomic E-state index is -0.510. The van der Waals surface area contributed by atoms with E-state index in [9.17, 15) is 14.9 Å². The number of pyridine rings is 1. The van der Waals surface area contributed by atoms with Crippen LogP contribution in [0.3, 0.4) is 0 Å². The molecular weight excluding hydrogens is 296 g/mol. The Hall–Kier alpha value is -3.22. The van der Waals surface area contributed by atoms with Crippen molar-refractivity contribution in [1.82, 2.24) is 9.55 Å². The van der Waals surface area contributed by atoms with E-state index >= 15 is 0 Å². The number of amides is 1. The Morgan fingerprint density at radius 1 is 1.26 bits per heavy atom. The number of hydrogen-bond donors (Lipinski definition) is 0. The van der Waals surface area contributed by atoms with E-state index in [-0.39, 0.29) is 17.4 Å². The van der Waals surface area contributed by atoms with Crippen LogP contribution in [0.25, 0.3) is 10.9 Å². The van der Waals surface area contributed by atoms with Gasteiger partial charge >= 0.3 is 0 Å². The number of fused-ring (bicyclic) bond motifs is 1. The Morgan fingerprint density at radius 2 is 2.04 bits per heavy atom. The summed E-state index contributed by atoms with van der Waals surface area (Å²) in [7, 11) is 1.91. The number of nitro groups is 1. The van der Waals surface area contributed by atoms with Gasteiger partial charge in [-0.05, 0) is 23.6 Å². The van der Waals surface area contributed by atoms with Gasteiger partial charge in [-0.3, -0.25) is 19.8 Å². The van der Waals surface area contributed by atoms with Crippen LogP contribution in [0.5, 0.6) is 0 Å². The zero-order valence-electron chi connectivity index (χ0n) is 12.6. The van der Waals surface area contributed by atoms with Gasteiger partial charge in [0.2, 0.25) is 5.91 Å². The van der Waals surface area contributed by atoms with Crippen LogP contribution in [0.2, 0.25) is 0 Å². The third kappa shape index (κ3) is 2.64. The number of rotatable bonds is 3. The molecule has 7 nitrogen and oxygen atoms in total. The van der Waals surface area contributed by atoms with Crippen molar-refractivity contribution in [2.75, 3.05) is 4.90 Å². The first-order valence-corrected chi connectivity index (χ1v) is 6.93. The molecule has 0 fully saturated rings. The van der Waals surface area contributed by atoms with Crippen LogP contribution in [0, 0.1) is 10.1 Å². The van der Waals surface area contributed by atoms with Crippen molar-refractivity contribution < 1.29 is 9.72 Å². The van der Waals surface area contributed by atoms with Gasteiger partial charge in [0.1, 0.15) is 5.82 Å². The molecule has 0 radical (unpaired) electrons. The van der Waals surface area contributed by atoms with E-state index < -0.39 is 4.92 Å². The highest BCUT2D eigenvalue weighted by Crippen LogP contribution is 2.29. The largest absolute Gasteiger partial charge is 0.350 e. The summed E-state index contributed by atoms with van der Waals surface area (Å²) in [6.45, 7) is 1.40. The molecule has 0 aliphatic heterocycles. The number of carbonyl (C=O) groups is 1. The van der Waals surface area contributed by atoms with Crippen molar-refractivity contribution in [1.29, 1.82) is 0 Å². The summed E-state index contributed by atoms with van der Waals surface area (Å²) in [4.78, 5) is 28.0. The number of benzene rings is 1. The van der Waals surface area contributed by atoms with E-state index in [0.717, 1.165) is 10.9 Å². The highest BCUT2D eigenvalue weighted by molar-refractivity contribution is 6.00. The molecule has 0 spiro atoms. The Labute approximate surface area is 131 Å². The van der Waals surface area contributed by atoms with E-state index in [1.54, 1.807) is 6.07 Å². The van der Waals surface area contributed by atoms with E-state index in [4.69, 9.17) is 0 Å². The molecule has 1 aromatic carbocycles. The topological polar surface area (TPSA) is 81.3 Å². The summed E-state index contributed by atoms with van der Waals surface area (Å²) >= 11 is 0. The molecule has 0 saturated carbocycles. The van der Waals surface area contributed by atoms with Gasteiger partial charge in [0.25, 0.3) is 5.69 Å². The van der Waals surface area contributed by atoms with Crippen LogP contribution in [-0.4, -0.2) is 20.4 Å². The van der Waals surface area contributed by atoms with Crippen LogP contribution in [0.4, 0.5) is 17.2 Å². The number of hydrogen-bond acceptors (Lipinski definition) is 4. The molecule has 7 heteroatoms. The molecule has 0 saturated heterocycles. The summed E-state index contributed by atoms with van der Waals surface area (Å²) in [5, 5.41) is 12.0. The monoisotopic (exact) mass is 310 g/mol. The van der Waals surface area contributed by atoms with Gasteiger partial charge in [0.05, 0.1) is 16.7 Å². The lowest BCUT2D eigenvalue weighted by Crippen LogP contribution is -2.23. The number of aromatic nitrogens is 2. The third-order valence-corrected chi connectivity index (χ3v) is 3.61. The minimum Gasteiger partial charge on any atom is -0.350 e. The SMILES string of the molecule is CC(=O)N(c1ccc2ccn(C)c2c1)c1cc([N+](=O)[O-])ccn1. The van der Waals surface area contributed by atoms with E-state index in [1.165, 1.54) is 30.2 Å². The number of carbonyl (C=O) groups excluding carboxylic acids is 1. The van der Waals surface area contributed by atoms with Gasteiger partial charge in [-0.1, -0.05) is 6.07 Å². The van der Waals surface area contributed by atoms with Crippen molar-refractivity contribution in [3.05, 3.63) is 58.9 Å². The van der Waals surface area contributed by atoms with Crippen LogP contribution in [0.1, 0.15) is 6.92 Å². The fourth-order valence-electron chi connectivity index (χ4n) is 2.51. The highest BCUT2D eigenvalue weighted by atomic mass is 16.6. The highest BCUT2D eigenvalue weighted by Gasteiger charge is 2.19. The van der Waals surface area contributed by atoms with Gasteiger partial charge in [0.15, 0.2) is 0 Å². The summed E-state index contributed by atoms with van der Waals surface area (Å²) in [5.41, 5.74) is 1.46. The molecule has 2 aromatic heterocycles. The van der Waals surface area contributed by atoms with Crippen LogP contribution >= 0.6 is 0 Å². The predicted octanol–water partition coefficient (Wildman–Crippen LogP) is 3.17. The van der Waals surface area contributed by atoms with E-state index in [2.05, 4.69) is 4.98 Å². The van der Waals surface area contributed by atoms with Gasteiger partial charge < -0.3 is 4.57 Å². The number of anilines is 2. The van der Waals surface area contributed by atoms with Gasteiger partial charge in [-0.2, -0.15) is 0 Å². The van der Waals surface area contributed by atoms with Crippen molar-refractivity contribution in [2.45, 2.75) is 6.92 Å². The fourth-order valence-corrected chi connectivity index (χ4v) is 2.51. The average molecular weight is 310 g/mol. The molecule has 0 bridgehead atoms. The molecule has 1 amide bonds. The molecular formula is C16H14N4O3. The van der Waals surface area contributed by atoms with Gasteiger partial charge in [0, 0.05) is 37.9 Å². The van der Waals surface area contributed by atoms with Crippen molar-refractivity contribution in [3.8, 4) is 0 Å². The standard InChI is InChI=1S/C16H14N4O3/c1-11(21)19(16-10-14(20(22)23)5-7-17-16)13-4-3-12-6-8-18(2)15(12)9-13/h3-10H,1-2H3. The first-order chi connectivity index (χ1) is 11.0. The third-order valence-electron chi connectivity index (χ3n) is 3.61. The lowest BCUT2D eigenvalue weighted by atomic mass is 10.2. The van der Waals surface area contributed by atoms with Gasteiger partial charge in [-0.25, -0.2) is 4.98 Å². The molecule has 0 atom stereocenters. The second-order valence-corrected chi connectivity index (χ2v) is 5.15. The first kappa shape index (κ1) is 14.7. The maximum Gasteiger partial charge on any atom is 0.274 e. The number of nitrogens with zero attached hydrogens (tertiary/aromatic N) is 4. The average Bonchev–Trinajstić information content (AvgIpc) is 2.89. The molecule has 0 aliphatic rings. The summed E-state index contributed by atoms with van der Waals surface area (Å²) in [6, 6.07) is 10.1. The minimum absolute atomic E-state index is 0.110. The van der Waals surface area contributed by atoms with Crippen molar-refractivity contribution in [3.63, 3.8) is 0 Å². The molecule has 3 aromatic rings. The van der Waals surface area contributed by atoms with E-state index in [0.29, 0.717) is 5.69 Å². The van der Waals surface area contributed by atoms with Crippen molar-refractivity contribution >= 4 is 34.0 Å². The molecule has 0 N–H and O–H groups in total. The summed E-state index contributed by atoms with van der Waals surface area (Å²) in [6.07, 6.45) is 3.25. The zero-order valence-corrected chi connectivity index (χ0v) is 12.6. The smallest absolute Gasteiger partial charge is 0.274 e. The molecule has 2 heterocycles. The van der Waals surface area contributed by atoms with Crippen LogP contribution in [0.15, 0.2) is 48.8 Å². The van der Waals surface area contributed by atoms with Crippen molar-refractivity contribution in [2.24, 2.45) is 7.05 Å². The molecule has 23 heavy (non-hydrogen) atoms. The lowest BCUT2D eigenvalue weighted by molar-refractivity contribution is -0.384. The molecule has 116 valence electrons. The van der Waals surface area contributed by atoms with Gasteiger partial charge in [-0.15, -0.1) is 0 Å². The Bertz CT molecular complexity index is 917. The summed E-state index contributed by atoms with van der Waals surface area (Å²) < 4.78 is 1.94. The molecule has 0 unspecified atom stereocenters. The summed E-state index contributed by atoms with van der Waals surface area (Å²) in [5.74, 6) is -0.0492.